The number of fused-ring (bicyclic) bond motifs is 1. The zero-order chi connectivity index (χ0) is 15.0. The largest absolute Gasteiger partial charge is 0.324 e. The van der Waals surface area contributed by atoms with Gasteiger partial charge in [-0.05, 0) is 36.2 Å². The number of benzene rings is 1. The summed E-state index contributed by atoms with van der Waals surface area (Å²) >= 11 is 8.12. The van der Waals surface area contributed by atoms with Gasteiger partial charge in [-0.15, -0.1) is 11.3 Å². The fraction of sp³-hybridized carbons (Fsp3) is 0.312. The van der Waals surface area contributed by atoms with Gasteiger partial charge in [-0.2, -0.15) is 5.10 Å². The average molecular weight is 320 g/mol. The number of thiophene rings is 1. The van der Waals surface area contributed by atoms with Gasteiger partial charge >= 0.3 is 0 Å². The van der Waals surface area contributed by atoms with Gasteiger partial charge in [-0.1, -0.05) is 29.8 Å². The molecular formula is C16H18ClN3S. The summed E-state index contributed by atoms with van der Waals surface area (Å²) in [7, 11) is 0. The Balaban J connectivity index is 1.95. The van der Waals surface area contributed by atoms with Gasteiger partial charge in [-0.3, -0.25) is 4.68 Å². The Kier molecular flexibility index (Phi) is 4.02. The highest BCUT2D eigenvalue weighted by molar-refractivity contribution is 7.17. The number of aromatic nitrogens is 2. The van der Waals surface area contributed by atoms with Crippen LogP contribution in [0.3, 0.4) is 0 Å². The van der Waals surface area contributed by atoms with E-state index < -0.39 is 0 Å². The maximum Gasteiger partial charge on any atom is 0.0847 e. The summed E-state index contributed by atoms with van der Waals surface area (Å²) in [6.07, 6.45) is 0.703. The van der Waals surface area contributed by atoms with Crippen molar-refractivity contribution >= 4 is 33.0 Å². The van der Waals surface area contributed by atoms with E-state index in [0.717, 1.165) is 23.0 Å². The molecule has 0 fully saturated rings. The van der Waals surface area contributed by atoms with Gasteiger partial charge in [0.25, 0.3) is 0 Å². The molecule has 2 N–H and O–H groups in total. The summed E-state index contributed by atoms with van der Waals surface area (Å²) in [4.78, 5) is 0. The van der Waals surface area contributed by atoms with E-state index in [1.54, 1.807) is 11.3 Å². The Morgan fingerprint density at radius 1 is 1.38 bits per heavy atom. The summed E-state index contributed by atoms with van der Waals surface area (Å²) < 4.78 is 3.22. The topological polar surface area (TPSA) is 43.8 Å². The van der Waals surface area contributed by atoms with Crippen molar-refractivity contribution < 1.29 is 0 Å². The summed E-state index contributed by atoms with van der Waals surface area (Å²) in [5, 5.41) is 8.60. The van der Waals surface area contributed by atoms with Crippen molar-refractivity contribution in [2.45, 2.75) is 32.9 Å². The molecule has 2 heterocycles. The van der Waals surface area contributed by atoms with E-state index in [0.29, 0.717) is 6.42 Å². The molecule has 1 aromatic carbocycles. The van der Waals surface area contributed by atoms with E-state index in [1.165, 1.54) is 15.6 Å². The molecule has 0 amide bonds. The highest BCUT2D eigenvalue weighted by atomic mass is 35.5. The molecule has 21 heavy (non-hydrogen) atoms. The first kappa shape index (κ1) is 14.6. The van der Waals surface area contributed by atoms with Crippen LogP contribution in [0.1, 0.15) is 29.9 Å². The quantitative estimate of drug-likeness (QED) is 0.778. The Bertz CT molecular complexity index is 775. The highest BCUT2D eigenvalue weighted by Crippen LogP contribution is 2.32. The second kappa shape index (κ2) is 5.79. The number of rotatable bonds is 4. The molecule has 1 atom stereocenters. The van der Waals surface area contributed by atoms with Crippen molar-refractivity contribution in [3.8, 4) is 0 Å². The smallest absolute Gasteiger partial charge is 0.0847 e. The third kappa shape index (κ3) is 2.59. The lowest BCUT2D eigenvalue weighted by atomic mass is 10.0. The predicted molar refractivity (Wildman–Crippen MR) is 90.1 cm³/mol. The minimum absolute atomic E-state index is 0.0694. The molecule has 0 saturated carbocycles. The molecule has 0 radical (unpaired) electrons. The van der Waals surface area contributed by atoms with Crippen LogP contribution in [0, 0.1) is 6.92 Å². The summed E-state index contributed by atoms with van der Waals surface area (Å²) in [5.41, 5.74) is 9.53. The lowest BCUT2D eigenvalue weighted by Crippen LogP contribution is -2.16. The number of halogens is 1. The van der Waals surface area contributed by atoms with Crippen molar-refractivity contribution in [1.29, 1.82) is 0 Å². The van der Waals surface area contributed by atoms with Crippen LogP contribution < -0.4 is 5.73 Å². The molecule has 0 saturated heterocycles. The Morgan fingerprint density at radius 3 is 2.90 bits per heavy atom. The highest BCUT2D eigenvalue weighted by Gasteiger charge is 2.18. The molecule has 2 aromatic heterocycles. The first-order chi connectivity index (χ1) is 10.1. The van der Waals surface area contributed by atoms with E-state index in [1.807, 2.05) is 11.6 Å². The lowest BCUT2D eigenvalue weighted by molar-refractivity contribution is 0.589. The molecule has 0 aliphatic heterocycles. The predicted octanol–water partition coefficient (Wildman–Crippen LogP) is 4.32. The van der Waals surface area contributed by atoms with Crippen LogP contribution in [0.15, 0.2) is 29.6 Å². The minimum atomic E-state index is -0.0694. The molecule has 3 nitrogen and oxygen atoms in total. The third-order valence-corrected chi connectivity index (χ3v) is 5.25. The number of hydrogen-bond donors (Lipinski definition) is 1. The Labute approximate surface area is 133 Å². The number of nitrogens with two attached hydrogens (primary N) is 1. The van der Waals surface area contributed by atoms with E-state index >= 15 is 0 Å². The van der Waals surface area contributed by atoms with E-state index in [4.69, 9.17) is 17.3 Å². The van der Waals surface area contributed by atoms with E-state index in [-0.39, 0.29) is 6.04 Å². The molecule has 0 aliphatic rings. The van der Waals surface area contributed by atoms with Crippen molar-refractivity contribution in [3.05, 3.63) is 51.6 Å². The van der Waals surface area contributed by atoms with Crippen LogP contribution in [0.4, 0.5) is 0 Å². The minimum Gasteiger partial charge on any atom is -0.324 e. The Morgan fingerprint density at radius 2 is 2.14 bits per heavy atom. The van der Waals surface area contributed by atoms with Gasteiger partial charge in [0.2, 0.25) is 0 Å². The fourth-order valence-electron chi connectivity index (χ4n) is 2.67. The van der Waals surface area contributed by atoms with Crippen LogP contribution in [0.5, 0.6) is 0 Å². The van der Waals surface area contributed by atoms with Crippen LogP contribution in [0.2, 0.25) is 5.02 Å². The molecule has 110 valence electrons. The number of hydrogen-bond acceptors (Lipinski definition) is 3. The van der Waals surface area contributed by atoms with Gasteiger partial charge in [0.05, 0.1) is 16.4 Å². The van der Waals surface area contributed by atoms with Gasteiger partial charge in [0, 0.05) is 23.7 Å². The van der Waals surface area contributed by atoms with Gasteiger partial charge < -0.3 is 5.73 Å². The molecule has 0 spiro atoms. The van der Waals surface area contributed by atoms with Gasteiger partial charge in [0.1, 0.15) is 0 Å². The van der Waals surface area contributed by atoms with Crippen LogP contribution in [-0.2, 0) is 13.0 Å². The maximum absolute atomic E-state index is 6.45. The number of aryl methyl sites for hydroxylation is 2. The second-order valence-electron chi connectivity index (χ2n) is 5.16. The number of nitrogens with zero attached hydrogens (tertiary/aromatic N) is 2. The molecule has 3 aromatic rings. The zero-order valence-electron chi connectivity index (χ0n) is 12.1. The fourth-order valence-corrected chi connectivity index (χ4v) is 3.91. The molecule has 3 rings (SSSR count). The first-order valence-corrected chi connectivity index (χ1v) is 8.31. The molecular weight excluding hydrogens is 302 g/mol. The van der Waals surface area contributed by atoms with Crippen molar-refractivity contribution in [2.75, 3.05) is 0 Å². The lowest BCUT2D eigenvalue weighted by Gasteiger charge is -2.13. The average Bonchev–Trinajstić information content (AvgIpc) is 3.03. The van der Waals surface area contributed by atoms with Gasteiger partial charge in [0.15, 0.2) is 0 Å². The first-order valence-electron chi connectivity index (χ1n) is 7.05. The molecule has 1 unspecified atom stereocenters. The van der Waals surface area contributed by atoms with E-state index in [9.17, 15) is 0 Å². The monoisotopic (exact) mass is 319 g/mol. The van der Waals surface area contributed by atoms with Crippen LogP contribution >= 0.6 is 22.9 Å². The van der Waals surface area contributed by atoms with Crippen molar-refractivity contribution in [2.24, 2.45) is 5.73 Å². The molecule has 0 bridgehead atoms. The van der Waals surface area contributed by atoms with Gasteiger partial charge in [-0.25, -0.2) is 0 Å². The zero-order valence-corrected chi connectivity index (χ0v) is 13.7. The Hall–Kier alpha value is -1.36. The van der Waals surface area contributed by atoms with Crippen LogP contribution in [0.25, 0.3) is 10.1 Å². The normalized spacial score (nSPS) is 13.0. The maximum atomic E-state index is 6.45. The van der Waals surface area contributed by atoms with Crippen molar-refractivity contribution in [3.63, 3.8) is 0 Å². The summed E-state index contributed by atoms with van der Waals surface area (Å²) in [5.74, 6) is 0. The second-order valence-corrected chi connectivity index (χ2v) is 6.45. The van der Waals surface area contributed by atoms with Crippen molar-refractivity contribution in [1.82, 2.24) is 9.78 Å². The third-order valence-electron chi connectivity index (χ3n) is 3.78. The SMILES string of the molecule is CCn1nc(C)c(Cl)c1CC(N)c1csc2ccccc12. The summed E-state index contributed by atoms with van der Waals surface area (Å²) in [6, 6.07) is 8.30. The van der Waals surface area contributed by atoms with Crippen LogP contribution in [-0.4, -0.2) is 9.78 Å². The standard InChI is InChI=1S/C16H18ClN3S/c1-3-20-14(16(17)10(2)19-20)8-13(18)12-9-21-15-7-5-4-6-11(12)15/h4-7,9,13H,3,8,18H2,1-2H3. The summed E-state index contributed by atoms with van der Waals surface area (Å²) in [6.45, 7) is 4.81. The molecule has 5 heteroatoms. The molecule has 0 aliphatic carbocycles. The van der Waals surface area contributed by atoms with E-state index in [2.05, 4.69) is 41.7 Å².